The molecule has 3 rings (SSSR count). The minimum atomic E-state index is -0.349. The third kappa shape index (κ3) is 2.52. The Kier molecular flexibility index (Phi) is 3.65. The minimum Gasteiger partial charge on any atom is -0.449 e. The average molecular weight is 322 g/mol. The fourth-order valence-corrected chi connectivity index (χ4v) is 2.91. The molecule has 1 amide bonds. The van der Waals surface area contributed by atoms with E-state index in [1.807, 2.05) is 26.0 Å². The van der Waals surface area contributed by atoms with Gasteiger partial charge in [-0.1, -0.05) is 42.0 Å². The molecule has 2 heterocycles. The van der Waals surface area contributed by atoms with Gasteiger partial charge in [0.15, 0.2) is 11.3 Å². The third-order valence-electron chi connectivity index (χ3n) is 3.11. The van der Waals surface area contributed by atoms with Gasteiger partial charge < -0.3 is 4.42 Å². The number of hydrogen-bond donors (Lipinski definition) is 1. The Hall–Kier alpha value is -1.92. The van der Waals surface area contributed by atoms with Gasteiger partial charge in [-0.3, -0.25) is 10.1 Å². The van der Waals surface area contributed by atoms with Crippen LogP contribution in [0, 0.1) is 6.92 Å². The van der Waals surface area contributed by atoms with Crippen LogP contribution in [0.2, 0.25) is 5.02 Å². The molecule has 3 aromatic rings. The molecule has 0 unspecified atom stereocenters. The van der Waals surface area contributed by atoms with Crippen LogP contribution in [0.15, 0.2) is 22.6 Å². The van der Waals surface area contributed by atoms with Crippen molar-refractivity contribution < 1.29 is 9.21 Å². The maximum absolute atomic E-state index is 12.3. The molecule has 0 radical (unpaired) electrons. The van der Waals surface area contributed by atoms with Gasteiger partial charge in [-0.25, -0.2) is 0 Å². The van der Waals surface area contributed by atoms with E-state index in [-0.39, 0.29) is 11.7 Å². The van der Waals surface area contributed by atoms with E-state index in [1.54, 1.807) is 6.07 Å². The van der Waals surface area contributed by atoms with Crippen molar-refractivity contribution in [2.75, 3.05) is 5.32 Å². The van der Waals surface area contributed by atoms with E-state index in [0.29, 0.717) is 15.7 Å². The fourth-order valence-electron chi connectivity index (χ4n) is 2.03. The van der Waals surface area contributed by atoms with Crippen LogP contribution in [0.3, 0.4) is 0 Å². The van der Waals surface area contributed by atoms with Gasteiger partial charge in [0.2, 0.25) is 5.13 Å². The first-order chi connectivity index (χ1) is 10.1. The molecule has 0 bridgehead atoms. The number of amides is 1. The molecular weight excluding hydrogens is 310 g/mol. The first-order valence-electron chi connectivity index (χ1n) is 6.41. The lowest BCUT2D eigenvalue weighted by atomic mass is 10.1. The normalized spacial score (nSPS) is 11.0. The summed E-state index contributed by atoms with van der Waals surface area (Å²) in [6, 6.07) is 5.43. The molecular formula is C14H12ClN3O2S. The zero-order chi connectivity index (χ0) is 15.0. The Balaban J connectivity index is 1.94. The highest BCUT2D eigenvalue weighted by Crippen LogP contribution is 2.31. The van der Waals surface area contributed by atoms with Crippen LogP contribution in [0.25, 0.3) is 11.0 Å². The molecule has 0 aliphatic rings. The molecule has 108 valence electrons. The highest BCUT2D eigenvalue weighted by atomic mass is 35.5. The van der Waals surface area contributed by atoms with E-state index in [9.17, 15) is 4.79 Å². The van der Waals surface area contributed by atoms with Crippen molar-refractivity contribution in [3.8, 4) is 0 Å². The lowest BCUT2D eigenvalue weighted by Gasteiger charge is -1.98. The van der Waals surface area contributed by atoms with Gasteiger partial charge >= 0.3 is 0 Å². The van der Waals surface area contributed by atoms with Crippen molar-refractivity contribution >= 4 is 44.9 Å². The number of furan rings is 1. The average Bonchev–Trinajstić information content (AvgIpc) is 3.05. The number of nitrogens with one attached hydrogen (secondary N) is 1. The summed E-state index contributed by atoms with van der Waals surface area (Å²) in [7, 11) is 0. The number of fused-ring (bicyclic) bond motifs is 1. The van der Waals surface area contributed by atoms with E-state index < -0.39 is 0 Å². The molecule has 0 aliphatic heterocycles. The molecule has 0 saturated heterocycles. The monoisotopic (exact) mass is 321 g/mol. The Morgan fingerprint density at radius 2 is 2.24 bits per heavy atom. The molecule has 0 fully saturated rings. The number of benzene rings is 1. The molecule has 1 aromatic carbocycles. The summed E-state index contributed by atoms with van der Waals surface area (Å²) in [5, 5.41) is 13.2. The number of para-hydroxylation sites is 1. The van der Waals surface area contributed by atoms with Crippen molar-refractivity contribution in [2.24, 2.45) is 0 Å². The predicted molar refractivity (Wildman–Crippen MR) is 83.2 cm³/mol. The first kappa shape index (κ1) is 14.0. The standard InChI is InChI=1S/C14H12ClN3O2S/c1-3-10-17-18-14(21-10)16-13(19)11-7(2)8-5-4-6-9(15)12(8)20-11/h4-6H,3H2,1-2H3,(H,16,18,19). The van der Waals surface area contributed by atoms with E-state index in [2.05, 4.69) is 15.5 Å². The number of carbonyl (C=O) groups is 1. The van der Waals surface area contributed by atoms with Crippen LogP contribution in [-0.2, 0) is 6.42 Å². The maximum Gasteiger partial charge on any atom is 0.293 e. The summed E-state index contributed by atoms with van der Waals surface area (Å²) < 4.78 is 5.61. The number of hydrogen-bond acceptors (Lipinski definition) is 5. The van der Waals surface area contributed by atoms with E-state index in [0.717, 1.165) is 22.4 Å². The second-order valence-corrected chi connectivity index (χ2v) is 5.95. The van der Waals surface area contributed by atoms with Crippen molar-refractivity contribution in [3.63, 3.8) is 0 Å². The van der Waals surface area contributed by atoms with Crippen molar-refractivity contribution in [1.29, 1.82) is 0 Å². The molecule has 0 aliphatic carbocycles. The number of aryl methyl sites for hydroxylation is 2. The van der Waals surface area contributed by atoms with Gasteiger partial charge in [-0.15, -0.1) is 10.2 Å². The SMILES string of the molecule is CCc1nnc(NC(=O)c2oc3c(Cl)cccc3c2C)s1. The number of anilines is 1. The van der Waals surface area contributed by atoms with Gasteiger partial charge in [-0.05, 0) is 19.4 Å². The van der Waals surface area contributed by atoms with Gasteiger partial charge in [0.05, 0.1) is 5.02 Å². The first-order valence-corrected chi connectivity index (χ1v) is 7.61. The maximum atomic E-state index is 12.3. The lowest BCUT2D eigenvalue weighted by Crippen LogP contribution is -2.11. The van der Waals surface area contributed by atoms with Crippen molar-refractivity contribution in [2.45, 2.75) is 20.3 Å². The zero-order valence-electron chi connectivity index (χ0n) is 11.4. The smallest absolute Gasteiger partial charge is 0.293 e. The minimum absolute atomic E-state index is 0.242. The molecule has 0 atom stereocenters. The Morgan fingerprint density at radius 1 is 1.43 bits per heavy atom. The van der Waals surface area contributed by atoms with Gasteiger partial charge in [0, 0.05) is 10.9 Å². The zero-order valence-corrected chi connectivity index (χ0v) is 13.0. The van der Waals surface area contributed by atoms with Crippen LogP contribution in [0.4, 0.5) is 5.13 Å². The largest absolute Gasteiger partial charge is 0.449 e. The summed E-state index contributed by atoms with van der Waals surface area (Å²) >= 11 is 7.43. The van der Waals surface area contributed by atoms with Crippen LogP contribution < -0.4 is 5.32 Å². The molecule has 0 spiro atoms. The summed E-state index contributed by atoms with van der Waals surface area (Å²) in [4.78, 5) is 12.3. The highest BCUT2D eigenvalue weighted by Gasteiger charge is 2.20. The Morgan fingerprint density at radius 3 is 2.90 bits per heavy atom. The number of rotatable bonds is 3. The molecule has 2 aromatic heterocycles. The molecule has 0 saturated carbocycles. The van der Waals surface area contributed by atoms with E-state index >= 15 is 0 Å². The molecule has 5 nitrogen and oxygen atoms in total. The third-order valence-corrected chi connectivity index (χ3v) is 4.39. The summed E-state index contributed by atoms with van der Waals surface area (Å²) in [6.45, 7) is 3.81. The van der Waals surface area contributed by atoms with Crippen molar-refractivity contribution in [1.82, 2.24) is 10.2 Å². The number of nitrogens with zero attached hydrogens (tertiary/aromatic N) is 2. The van der Waals surface area contributed by atoms with E-state index in [1.165, 1.54) is 11.3 Å². The van der Waals surface area contributed by atoms with Gasteiger partial charge in [0.1, 0.15) is 5.01 Å². The quantitative estimate of drug-likeness (QED) is 0.789. The topological polar surface area (TPSA) is 68.0 Å². The second-order valence-electron chi connectivity index (χ2n) is 4.48. The van der Waals surface area contributed by atoms with Crippen LogP contribution in [0.1, 0.15) is 28.0 Å². The van der Waals surface area contributed by atoms with Crippen LogP contribution in [-0.4, -0.2) is 16.1 Å². The Labute approximate surface area is 129 Å². The number of halogens is 1. The van der Waals surface area contributed by atoms with Gasteiger partial charge in [0.25, 0.3) is 5.91 Å². The second kappa shape index (κ2) is 5.46. The number of carbonyl (C=O) groups excluding carboxylic acids is 1. The molecule has 21 heavy (non-hydrogen) atoms. The van der Waals surface area contributed by atoms with Crippen LogP contribution in [0.5, 0.6) is 0 Å². The molecule has 1 N–H and O–H groups in total. The summed E-state index contributed by atoms with van der Waals surface area (Å²) in [5.74, 6) is -0.107. The predicted octanol–water partition coefficient (Wildman–Crippen LogP) is 4.06. The Bertz CT molecular complexity index is 825. The van der Waals surface area contributed by atoms with Crippen molar-refractivity contribution in [3.05, 3.63) is 39.6 Å². The lowest BCUT2D eigenvalue weighted by molar-refractivity contribution is 0.0998. The number of aromatic nitrogens is 2. The summed E-state index contributed by atoms with van der Waals surface area (Å²) in [6.07, 6.45) is 0.785. The highest BCUT2D eigenvalue weighted by molar-refractivity contribution is 7.15. The van der Waals surface area contributed by atoms with Crippen LogP contribution >= 0.6 is 22.9 Å². The molecule has 7 heteroatoms. The fraction of sp³-hybridized carbons (Fsp3) is 0.214. The van der Waals surface area contributed by atoms with E-state index in [4.69, 9.17) is 16.0 Å². The van der Waals surface area contributed by atoms with Gasteiger partial charge in [-0.2, -0.15) is 0 Å². The summed E-state index contributed by atoms with van der Waals surface area (Å²) in [5.41, 5.74) is 1.28.